The molecule has 7 nitrogen and oxygen atoms in total. The maximum Gasteiger partial charge on any atom is 0.240 e. The lowest BCUT2D eigenvalue weighted by Crippen LogP contribution is -2.27. The first-order valence-electron chi connectivity index (χ1n) is 9.44. The fourth-order valence-corrected chi connectivity index (χ4v) is 3.81. The Morgan fingerprint density at radius 1 is 1.00 bits per heavy atom. The molecule has 0 amide bonds. The van der Waals surface area contributed by atoms with E-state index >= 15 is 0 Å². The Labute approximate surface area is 176 Å². The van der Waals surface area contributed by atoms with Gasteiger partial charge in [-0.25, -0.2) is 27.5 Å². The number of rotatable bonds is 9. The van der Waals surface area contributed by atoms with Gasteiger partial charge < -0.3 is 10.2 Å². The second-order valence-corrected chi connectivity index (χ2v) is 8.74. The number of anilines is 2. The van der Waals surface area contributed by atoms with E-state index in [-0.39, 0.29) is 10.7 Å². The molecule has 3 aromatic rings. The molecule has 0 bridgehead atoms. The van der Waals surface area contributed by atoms with E-state index in [0.29, 0.717) is 23.9 Å². The Hall–Kier alpha value is -2.88. The molecule has 2 N–H and O–H groups in total. The van der Waals surface area contributed by atoms with E-state index < -0.39 is 10.0 Å². The van der Waals surface area contributed by atoms with E-state index in [0.717, 1.165) is 18.5 Å². The predicted octanol–water partition coefficient (Wildman–Crippen LogP) is 3.26. The minimum atomic E-state index is -3.55. The molecule has 9 heteroatoms. The summed E-state index contributed by atoms with van der Waals surface area (Å²) in [5.41, 5.74) is 2.06. The highest BCUT2D eigenvalue weighted by molar-refractivity contribution is 7.89. The van der Waals surface area contributed by atoms with E-state index in [9.17, 15) is 12.8 Å². The average molecular weight is 430 g/mol. The first-order chi connectivity index (χ1) is 14.3. The van der Waals surface area contributed by atoms with E-state index in [2.05, 4.69) is 20.0 Å². The Morgan fingerprint density at radius 3 is 2.37 bits per heavy atom. The Balaban J connectivity index is 1.66. The summed E-state index contributed by atoms with van der Waals surface area (Å²) in [6.45, 7) is 1.19. The quantitative estimate of drug-likeness (QED) is 0.508. The monoisotopic (exact) mass is 429 g/mol. The minimum absolute atomic E-state index is 0.193. The number of nitrogens with zero attached hydrogens (tertiary/aromatic N) is 3. The summed E-state index contributed by atoms with van der Waals surface area (Å²) in [5.74, 6) is 0.0441. The summed E-state index contributed by atoms with van der Waals surface area (Å²) in [6, 6.07) is 14.1. The number of sulfonamides is 1. The molecular formula is C21H24FN5O2S. The summed E-state index contributed by atoms with van der Waals surface area (Å²) in [5, 5.41) is 3.05. The van der Waals surface area contributed by atoms with E-state index in [4.69, 9.17) is 0 Å². The maximum atomic E-state index is 13.1. The molecule has 0 spiro atoms. The number of hydrogen-bond donors (Lipinski definition) is 2. The smallest absolute Gasteiger partial charge is 0.240 e. The van der Waals surface area contributed by atoms with E-state index in [1.807, 2.05) is 19.0 Å². The van der Waals surface area contributed by atoms with Crippen molar-refractivity contribution in [2.75, 3.05) is 32.5 Å². The minimum Gasteiger partial charge on any atom is -0.324 e. The van der Waals surface area contributed by atoms with Gasteiger partial charge in [0, 0.05) is 24.0 Å². The molecule has 2 aromatic carbocycles. The topological polar surface area (TPSA) is 87.2 Å². The van der Waals surface area contributed by atoms with Gasteiger partial charge in [-0.3, -0.25) is 0 Å². The number of aromatic nitrogens is 2. The molecule has 0 radical (unpaired) electrons. The Bertz CT molecular complexity index is 1070. The molecule has 0 unspecified atom stereocenters. The van der Waals surface area contributed by atoms with E-state index in [1.54, 1.807) is 36.5 Å². The van der Waals surface area contributed by atoms with Gasteiger partial charge in [-0.05, 0) is 81.7 Å². The van der Waals surface area contributed by atoms with Crippen LogP contribution in [0.4, 0.5) is 16.0 Å². The van der Waals surface area contributed by atoms with Crippen molar-refractivity contribution in [2.24, 2.45) is 0 Å². The van der Waals surface area contributed by atoms with Gasteiger partial charge in [0.05, 0.1) is 10.6 Å². The van der Waals surface area contributed by atoms with Crippen LogP contribution in [0.5, 0.6) is 0 Å². The normalized spacial score (nSPS) is 11.6. The third-order valence-electron chi connectivity index (χ3n) is 4.29. The van der Waals surface area contributed by atoms with Crippen LogP contribution in [0.3, 0.4) is 0 Å². The highest BCUT2D eigenvalue weighted by Gasteiger charge is 2.13. The summed E-state index contributed by atoms with van der Waals surface area (Å²) >= 11 is 0. The van der Waals surface area contributed by atoms with Gasteiger partial charge >= 0.3 is 0 Å². The zero-order chi connectivity index (χ0) is 21.6. The number of hydrogen-bond acceptors (Lipinski definition) is 6. The van der Waals surface area contributed by atoms with Crippen LogP contribution in [0.15, 0.2) is 65.7 Å². The van der Waals surface area contributed by atoms with Crippen molar-refractivity contribution < 1.29 is 12.8 Å². The molecule has 0 saturated carbocycles. The largest absolute Gasteiger partial charge is 0.324 e. The lowest BCUT2D eigenvalue weighted by Gasteiger charge is -2.11. The van der Waals surface area contributed by atoms with Crippen molar-refractivity contribution >= 4 is 21.7 Å². The molecule has 0 fully saturated rings. The molecule has 0 atom stereocenters. The SMILES string of the molecule is CN(C)CCCNS(=O)(=O)c1ccc(Nc2nccc(-c3ccc(F)cc3)n2)cc1. The molecule has 0 aliphatic rings. The molecule has 1 aromatic heterocycles. The van der Waals surface area contributed by atoms with Gasteiger partial charge in [-0.1, -0.05) is 0 Å². The second kappa shape index (κ2) is 9.75. The van der Waals surface area contributed by atoms with Crippen molar-refractivity contribution in [1.82, 2.24) is 19.6 Å². The highest BCUT2D eigenvalue weighted by atomic mass is 32.2. The molecule has 0 aliphatic carbocycles. The van der Waals surface area contributed by atoms with Gasteiger partial charge in [0.2, 0.25) is 16.0 Å². The number of halogens is 1. The zero-order valence-corrected chi connectivity index (χ0v) is 17.7. The van der Waals surface area contributed by atoms with Crippen molar-refractivity contribution in [1.29, 1.82) is 0 Å². The van der Waals surface area contributed by atoms with Crippen molar-refractivity contribution in [3.05, 3.63) is 66.6 Å². The summed E-state index contributed by atoms with van der Waals surface area (Å²) in [6.07, 6.45) is 2.33. The van der Waals surface area contributed by atoms with Gasteiger partial charge in [0.15, 0.2) is 0 Å². The lowest BCUT2D eigenvalue weighted by molar-refractivity contribution is 0.400. The van der Waals surface area contributed by atoms with Crippen LogP contribution in [0.1, 0.15) is 6.42 Å². The van der Waals surface area contributed by atoms with Crippen molar-refractivity contribution in [3.63, 3.8) is 0 Å². The first-order valence-corrected chi connectivity index (χ1v) is 10.9. The van der Waals surface area contributed by atoms with Crippen LogP contribution in [0.25, 0.3) is 11.3 Å². The average Bonchev–Trinajstić information content (AvgIpc) is 2.72. The Kier molecular flexibility index (Phi) is 7.09. The Morgan fingerprint density at radius 2 is 1.70 bits per heavy atom. The summed E-state index contributed by atoms with van der Waals surface area (Å²) in [4.78, 5) is 10.8. The van der Waals surface area contributed by atoms with E-state index in [1.165, 1.54) is 24.3 Å². The molecule has 0 saturated heterocycles. The fraction of sp³-hybridized carbons (Fsp3) is 0.238. The highest BCUT2D eigenvalue weighted by Crippen LogP contribution is 2.21. The molecule has 30 heavy (non-hydrogen) atoms. The molecule has 1 heterocycles. The van der Waals surface area contributed by atoms with Gasteiger partial charge in [-0.15, -0.1) is 0 Å². The van der Waals surface area contributed by atoms with Crippen LogP contribution in [0.2, 0.25) is 0 Å². The molecule has 158 valence electrons. The van der Waals surface area contributed by atoms with Crippen molar-refractivity contribution in [2.45, 2.75) is 11.3 Å². The number of nitrogens with one attached hydrogen (secondary N) is 2. The fourth-order valence-electron chi connectivity index (χ4n) is 2.73. The second-order valence-electron chi connectivity index (χ2n) is 6.98. The summed E-state index contributed by atoms with van der Waals surface area (Å²) in [7, 11) is 0.335. The van der Waals surface area contributed by atoms with Crippen LogP contribution >= 0.6 is 0 Å². The van der Waals surface area contributed by atoms with Gasteiger partial charge in [-0.2, -0.15) is 0 Å². The number of benzene rings is 2. The molecule has 0 aliphatic heterocycles. The molecular weight excluding hydrogens is 405 g/mol. The third-order valence-corrected chi connectivity index (χ3v) is 5.77. The van der Waals surface area contributed by atoms with Crippen LogP contribution in [0, 0.1) is 5.82 Å². The van der Waals surface area contributed by atoms with Gasteiger partial charge in [0.25, 0.3) is 0 Å². The first kappa shape index (κ1) is 21.8. The summed E-state index contributed by atoms with van der Waals surface area (Å²) < 4.78 is 40.5. The van der Waals surface area contributed by atoms with Crippen LogP contribution < -0.4 is 10.0 Å². The lowest BCUT2D eigenvalue weighted by atomic mass is 10.1. The van der Waals surface area contributed by atoms with Crippen LogP contribution in [-0.4, -0.2) is 50.5 Å². The standard InChI is InChI=1S/C21H24FN5O2S/c1-27(2)15-3-13-24-30(28,29)19-10-8-18(9-11-19)25-21-23-14-12-20(26-21)16-4-6-17(22)7-5-16/h4-12,14,24H,3,13,15H2,1-2H3,(H,23,25,26). The predicted molar refractivity (Wildman–Crippen MR) is 116 cm³/mol. The third kappa shape index (κ3) is 6.06. The van der Waals surface area contributed by atoms with Gasteiger partial charge in [0.1, 0.15) is 5.82 Å². The zero-order valence-electron chi connectivity index (χ0n) is 16.8. The van der Waals surface area contributed by atoms with Crippen LogP contribution in [-0.2, 0) is 10.0 Å². The molecule has 3 rings (SSSR count). The maximum absolute atomic E-state index is 13.1. The van der Waals surface area contributed by atoms with Crippen molar-refractivity contribution in [3.8, 4) is 11.3 Å².